The summed E-state index contributed by atoms with van der Waals surface area (Å²) in [5.41, 5.74) is 2.47. The van der Waals surface area contributed by atoms with E-state index in [0.29, 0.717) is 12.5 Å². The van der Waals surface area contributed by atoms with Gasteiger partial charge in [0.05, 0.1) is 5.69 Å². The lowest BCUT2D eigenvalue weighted by Gasteiger charge is -2.32. The van der Waals surface area contributed by atoms with Crippen molar-refractivity contribution in [2.75, 3.05) is 33.2 Å². The van der Waals surface area contributed by atoms with Crippen LogP contribution in [0, 0.1) is 11.7 Å². The summed E-state index contributed by atoms with van der Waals surface area (Å²) in [5, 5.41) is 12.5. The molecule has 33 heavy (non-hydrogen) atoms. The third kappa shape index (κ3) is 6.88. The van der Waals surface area contributed by atoms with Crippen LogP contribution in [-0.2, 0) is 13.0 Å². The van der Waals surface area contributed by atoms with E-state index in [1.807, 2.05) is 30.5 Å². The Kier molecular flexibility index (Phi) is 8.12. The second kappa shape index (κ2) is 11.4. The average Bonchev–Trinajstić information content (AvgIpc) is 3.50. The summed E-state index contributed by atoms with van der Waals surface area (Å²) in [5.74, 6) is 0.232. The molecule has 3 aromatic rings. The van der Waals surface area contributed by atoms with E-state index in [4.69, 9.17) is 0 Å². The van der Waals surface area contributed by atoms with E-state index in [-0.39, 0.29) is 11.8 Å². The molecule has 0 spiro atoms. The molecule has 6 nitrogen and oxygen atoms in total. The van der Waals surface area contributed by atoms with Crippen molar-refractivity contribution < 1.29 is 9.18 Å². The number of rotatable bonds is 9. The lowest BCUT2D eigenvalue weighted by molar-refractivity contribution is 0.162. The highest BCUT2D eigenvalue weighted by molar-refractivity contribution is 7.09. The van der Waals surface area contributed by atoms with Crippen molar-refractivity contribution in [2.24, 2.45) is 5.92 Å². The van der Waals surface area contributed by atoms with E-state index in [1.165, 1.54) is 29.9 Å². The molecule has 2 aromatic heterocycles. The van der Waals surface area contributed by atoms with Crippen LogP contribution < -0.4 is 5.32 Å². The van der Waals surface area contributed by atoms with Gasteiger partial charge < -0.3 is 10.2 Å². The molecule has 4 rings (SSSR count). The van der Waals surface area contributed by atoms with Crippen molar-refractivity contribution in [3.8, 4) is 11.3 Å². The molecule has 1 aliphatic rings. The highest BCUT2D eigenvalue weighted by Crippen LogP contribution is 2.21. The predicted octanol–water partition coefficient (Wildman–Crippen LogP) is 4.76. The minimum atomic E-state index is -0.270. The number of hydrogen-bond donors (Lipinski definition) is 2. The summed E-state index contributed by atoms with van der Waals surface area (Å²) in [7, 11) is 1.84. The first-order valence-corrected chi connectivity index (χ1v) is 12.5. The molecule has 3 heterocycles. The SMILES string of the molecule is CN(CCCc1cc(-c2cccc(F)c2)n[nH]1)C(=O)NC[C@@H]1CCCN(Cc2cccs2)C1. The van der Waals surface area contributed by atoms with Gasteiger partial charge in [-0.3, -0.25) is 10.00 Å². The highest BCUT2D eigenvalue weighted by atomic mass is 32.1. The van der Waals surface area contributed by atoms with Crippen LogP contribution in [0.4, 0.5) is 9.18 Å². The Balaban J connectivity index is 1.16. The molecule has 1 fully saturated rings. The minimum Gasteiger partial charge on any atom is -0.338 e. The van der Waals surface area contributed by atoms with Gasteiger partial charge in [-0.05, 0) is 67.8 Å². The summed E-state index contributed by atoms with van der Waals surface area (Å²) in [6.07, 6.45) is 3.95. The monoisotopic (exact) mass is 469 g/mol. The van der Waals surface area contributed by atoms with Gasteiger partial charge in [-0.2, -0.15) is 5.10 Å². The fourth-order valence-corrected chi connectivity index (χ4v) is 5.09. The number of nitrogens with zero attached hydrogens (tertiary/aromatic N) is 3. The summed E-state index contributed by atoms with van der Waals surface area (Å²) < 4.78 is 13.4. The molecule has 0 aliphatic carbocycles. The van der Waals surface area contributed by atoms with Crippen LogP contribution in [-0.4, -0.2) is 59.3 Å². The normalized spacial score (nSPS) is 16.6. The number of hydrogen-bond acceptors (Lipinski definition) is 4. The number of aryl methyl sites for hydroxylation is 1. The zero-order valence-corrected chi connectivity index (χ0v) is 19.9. The molecule has 0 bridgehead atoms. The van der Waals surface area contributed by atoms with Gasteiger partial charge in [-0.1, -0.05) is 18.2 Å². The summed E-state index contributed by atoms with van der Waals surface area (Å²) in [6.45, 7) is 4.57. The van der Waals surface area contributed by atoms with E-state index in [0.717, 1.165) is 56.0 Å². The van der Waals surface area contributed by atoms with E-state index in [1.54, 1.807) is 11.0 Å². The van der Waals surface area contributed by atoms with Gasteiger partial charge in [-0.25, -0.2) is 9.18 Å². The third-order valence-corrected chi connectivity index (χ3v) is 7.00. The van der Waals surface area contributed by atoms with Crippen LogP contribution >= 0.6 is 11.3 Å². The van der Waals surface area contributed by atoms with Gasteiger partial charge in [-0.15, -0.1) is 11.3 Å². The van der Waals surface area contributed by atoms with Crippen LogP contribution in [0.5, 0.6) is 0 Å². The van der Waals surface area contributed by atoms with Crippen LogP contribution in [0.1, 0.15) is 29.8 Å². The van der Waals surface area contributed by atoms with Gasteiger partial charge in [0, 0.05) is 49.4 Å². The average molecular weight is 470 g/mol. The second-order valence-electron chi connectivity index (χ2n) is 8.82. The van der Waals surface area contributed by atoms with Gasteiger partial charge in [0.1, 0.15) is 5.82 Å². The van der Waals surface area contributed by atoms with Crippen LogP contribution in [0.3, 0.4) is 0 Å². The van der Waals surface area contributed by atoms with Crippen molar-refractivity contribution in [3.05, 3.63) is 64.2 Å². The number of H-pyrrole nitrogens is 1. The van der Waals surface area contributed by atoms with E-state index in [2.05, 4.69) is 37.9 Å². The van der Waals surface area contributed by atoms with Gasteiger partial charge in [0.2, 0.25) is 0 Å². The minimum absolute atomic E-state index is 0.0181. The Morgan fingerprint density at radius 1 is 1.33 bits per heavy atom. The molecule has 2 N–H and O–H groups in total. The van der Waals surface area contributed by atoms with Crippen molar-refractivity contribution in [3.63, 3.8) is 0 Å². The number of likely N-dealkylation sites (tertiary alicyclic amines) is 1. The quantitative estimate of drug-likeness (QED) is 0.475. The van der Waals surface area contributed by atoms with Crippen molar-refractivity contribution in [2.45, 2.75) is 32.2 Å². The molecule has 2 amide bonds. The molecule has 0 radical (unpaired) electrons. The highest BCUT2D eigenvalue weighted by Gasteiger charge is 2.21. The van der Waals surface area contributed by atoms with Crippen molar-refractivity contribution in [1.29, 1.82) is 0 Å². The van der Waals surface area contributed by atoms with Crippen molar-refractivity contribution in [1.82, 2.24) is 25.3 Å². The van der Waals surface area contributed by atoms with Crippen LogP contribution in [0.2, 0.25) is 0 Å². The number of aromatic amines is 1. The Hall–Kier alpha value is -2.71. The number of urea groups is 1. The zero-order valence-electron chi connectivity index (χ0n) is 19.1. The number of piperidine rings is 1. The number of benzene rings is 1. The van der Waals surface area contributed by atoms with E-state index >= 15 is 0 Å². The lowest BCUT2D eigenvalue weighted by atomic mass is 9.98. The maximum Gasteiger partial charge on any atom is 0.317 e. The lowest BCUT2D eigenvalue weighted by Crippen LogP contribution is -2.44. The van der Waals surface area contributed by atoms with E-state index < -0.39 is 0 Å². The van der Waals surface area contributed by atoms with Gasteiger partial charge in [0.15, 0.2) is 0 Å². The maximum atomic E-state index is 13.4. The molecule has 0 unspecified atom stereocenters. The molecule has 8 heteroatoms. The van der Waals surface area contributed by atoms with Gasteiger partial charge in [0.25, 0.3) is 0 Å². The molecule has 176 valence electrons. The summed E-state index contributed by atoms with van der Waals surface area (Å²) in [6, 6.07) is 12.6. The predicted molar refractivity (Wildman–Crippen MR) is 131 cm³/mol. The molecule has 1 aliphatic heterocycles. The second-order valence-corrected chi connectivity index (χ2v) is 9.85. The first-order chi connectivity index (χ1) is 16.1. The summed E-state index contributed by atoms with van der Waals surface area (Å²) >= 11 is 1.81. The van der Waals surface area contributed by atoms with Crippen LogP contribution in [0.15, 0.2) is 47.8 Å². The first-order valence-electron chi connectivity index (χ1n) is 11.6. The number of carbonyl (C=O) groups excluding carboxylic acids is 1. The third-order valence-electron chi connectivity index (χ3n) is 6.14. The number of carbonyl (C=O) groups is 1. The van der Waals surface area contributed by atoms with Crippen molar-refractivity contribution >= 4 is 17.4 Å². The Morgan fingerprint density at radius 2 is 2.24 bits per heavy atom. The zero-order chi connectivity index (χ0) is 23.0. The molecule has 1 saturated heterocycles. The Labute approximate surface area is 198 Å². The molecule has 1 aromatic carbocycles. The fraction of sp³-hybridized carbons (Fsp3) is 0.440. The number of amides is 2. The topological polar surface area (TPSA) is 64.3 Å². The van der Waals surface area contributed by atoms with Crippen LogP contribution in [0.25, 0.3) is 11.3 Å². The number of nitrogens with one attached hydrogen (secondary N) is 2. The smallest absolute Gasteiger partial charge is 0.317 e. The maximum absolute atomic E-state index is 13.4. The standard InChI is InChI=1S/C25H32FN5OS/c1-30(11-4-9-22-15-24(29-28-22)20-7-2-8-21(26)14-20)25(32)27-16-19-6-3-12-31(17-19)18-23-10-5-13-33-23/h2,5,7-8,10,13-15,19H,3-4,6,9,11-12,16-18H2,1H3,(H,27,32)(H,28,29)/t19-/m0/s1. The number of aromatic nitrogens is 2. The number of halogens is 1. The molecular weight excluding hydrogens is 437 g/mol. The Bertz CT molecular complexity index is 1020. The first kappa shape index (κ1) is 23.4. The fourth-order valence-electron chi connectivity index (χ4n) is 4.34. The molecule has 0 saturated carbocycles. The van der Waals surface area contributed by atoms with Gasteiger partial charge >= 0.3 is 6.03 Å². The number of thiophene rings is 1. The summed E-state index contributed by atoms with van der Waals surface area (Å²) in [4.78, 5) is 18.2. The molecule has 1 atom stereocenters. The molecular formula is C25H32FN5OS. The van der Waals surface area contributed by atoms with E-state index in [9.17, 15) is 9.18 Å². The Morgan fingerprint density at radius 3 is 3.06 bits per heavy atom. The largest absolute Gasteiger partial charge is 0.338 e.